The Morgan fingerprint density at radius 1 is 1.11 bits per heavy atom. The minimum Gasteiger partial charge on any atom is -0.369 e. The fourth-order valence-electron chi connectivity index (χ4n) is 5.15. The molecule has 7 nitrogen and oxygen atoms in total. The Kier molecular flexibility index (Phi) is 6.51. The molecule has 3 aromatic rings. The number of aryl methyl sites for hydroxylation is 1. The molecule has 194 valence electrons. The Hall–Kier alpha value is -3.34. The monoisotopic (exact) mass is 529 g/mol. The van der Waals surface area contributed by atoms with Crippen molar-refractivity contribution in [3.63, 3.8) is 0 Å². The van der Waals surface area contributed by atoms with Crippen LogP contribution in [0.15, 0.2) is 36.7 Å². The average Bonchev–Trinajstić information content (AvgIpc) is 3.74. The molecule has 2 aliphatic rings. The molecule has 0 radical (unpaired) electrons. The van der Waals surface area contributed by atoms with Crippen molar-refractivity contribution in [3.8, 4) is 10.4 Å². The maximum absolute atomic E-state index is 13.1. The number of benzene rings is 1. The van der Waals surface area contributed by atoms with Crippen LogP contribution in [0, 0.1) is 18.8 Å². The standard InChI is InChI=1S/C26H26F3N5O2S/c1-14-8-15(10-18(9-14)33-24-31-7-6-21(34-24)26(27,28)29)20-13-32-23(37-20)25(16-2-3-16,17-4-5-17)12-19(35)11-22(30)36/h6-10,13,16-17H,2-5,11-12H2,1H3,(H2,30,36)(H,31,33,34). The van der Waals surface area contributed by atoms with Crippen molar-refractivity contribution >= 4 is 34.7 Å². The summed E-state index contributed by atoms with van der Waals surface area (Å²) in [7, 11) is 0. The number of rotatable bonds is 10. The molecule has 0 saturated heterocycles. The number of ketones is 1. The highest BCUT2D eigenvalue weighted by Crippen LogP contribution is 2.61. The lowest BCUT2D eigenvalue weighted by molar-refractivity contribution is -0.141. The molecule has 1 aromatic carbocycles. The van der Waals surface area contributed by atoms with Crippen LogP contribution in [0.25, 0.3) is 10.4 Å². The summed E-state index contributed by atoms with van der Waals surface area (Å²) in [6.07, 6.45) is 2.43. The average molecular weight is 530 g/mol. The van der Waals surface area contributed by atoms with E-state index in [1.807, 2.05) is 19.1 Å². The van der Waals surface area contributed by atoms with E-state index in [1.54, 1.807) is 12.3 Å². The highest BCUT2D eigenvalue weighted by molar-refractivity contribution is 7.15. The van der Waals surface area contributed by atoms with Gasteiger partial charge in [0, 0.05) is 29.9 Å². The molecular formula is C26H26F3N5O2S. The molecule has 0 unspecified atom stereocenters. The number of thiazole rings is 1. The van der Waals surface area contributed by atoms with Crippen LogP contribution >= 0.6 is 11.3 Å². The summed E-state index contributed by atoms with van der Waals surface area (Å²) in [5.74, 6) is -0.181. The number of alkyl halides is 3. The van der Waals surface area contributed by atoms with Crippen molar-refractivity contribution in [1.29, 1.82) is 0 Å². The molecule has 0 bridgehead atoms. The Labute approximate surface area is 215 Å². The van der Waals surface area contributed by atoms with Crippen molar-refractivity contribution in [1.82, 2.24) is 15.0 Å². The first-order valence-electron chi connectivity index (χ1n) is 12.1. The number of carbonyl (C=O) groups excluding carboxylic acids is 2. The van der Waals surface area contributed by atoms with Gasteiger partial charge in [0.1, 0.15) is 16.5 Å². The van der Waals surface area contributed by atoms with Crippen LogP contribution in [0.3, 0.4) is 0 Å². The van der Waals surface area contributed by atoms with E-state index < -0.39 is 17.8 Å². The van der Waals surface area contributed by atoms with Crippen molar-refractivity contribution < 1.29 is 22.8 Å². The third-order valence-electron chi connectivity index (χ3n) is 6.94. The second-order valence-corrected chi connectivity index (χ2v) is 11.0. The minimum absolute atomic E-state index is 0.147. The molecule has 2 fully saturated rings. The van der Waals surface area contributed by atoms with Gasteiger partial charge in [0.2, 0.25) is 11.9 Å². The second kappa shape index (κ2) is 9.51. The van der Waals surface area contributed by atoms with E-state index in [4.69, 9.17) is 10.7 Å². The summed E-state index contributed by atoms with van der Waals surface area (Å²) >= 11 is 1.53. The maximum Gasteiger partial charge on any atom is 0.433 e. The maximum atomic E-state index is 13.1. The van der Waals surface area contributed by atoms with Crippen LogP contribution < -0.4 is 11.1 Å². The Balaban J connectivity index is 1.44. The number of anilines is 2. The fraction of sp³-hybridized carbons (Fsp3) is 0.423. The first-order chi connectivity index (χ1) is 17.5. The highest BCUT2D eigenvalue weighted by Gasteiger charge is 2.57. The molecule has 5 rings (SSSR count). The van der Waals surface area contributed by atoms with Gasteiger partial charge in [-0.2, -0.15) is 13.2 Å². The van der Waals surface area contributed by atoms with E-state index in [0.717, 1.165) is 59.0 Å². The highest BCUT2D eigenvalue weighted by atomic mass is 32.1. The number of aromatic nitrogens is 3. The van der Waals surface area contributed by atoms with Gasteiger partial charge in [0.25, 0.3) is 0 Å². The zero-order chi connectivity index (χ0) is 26.4. The van der Waals surface area contributed by atoms with Gasteiger partial charge in [-0.3, -0.25) is 9.59 Å². The van der Waals surface area contributed by atoms with E-state index in [2.05, 4.69) is 15.3 Å². The SMILES string of the molecule is Cc1cc(Nc2nccc(C(F)(F)F)n2)cc(-c2cnc(C(CC(=O)CC(N)=O)(C3CC3)C3CC3)s2)c1. The zero-order valence-electron chi connectivity index (χ0n) is 20.1. The first kappa shape index (κ1) is 25.3. The molecule has 2 aromatic heterocycles. The Morgan fingerprint density at radius 3 is 2.43 bits per heavy atom. The summed E-state index contributed by atoms with van der Waals surface area (Å²) in [6.45, 7) is 1.89. The van der Waals surface area contributed by atoms with Crippen molar-refractivity contribution in [2.75, 3.05) is 5.32 Å². The lowest BCUT2D eigenvalue weighted by atomic mass is 9.73. The number of nitrogens with two attached hydrogens (primary N) is 1. The number of primary amides is 1. The van der Waals surface area contributed by atoms with Gasteiger partial charge >= 0.3 is 6.18 Å². The quantitative estimate of drug-likeness (QED) is 0.333. The summed E-state index contributed by atoms with van der Waals surface area (Å²) in [5, 5.41) is 3.78. The van der Waals surface area contributed by atoms with Gasteiger partial charge < -0.3 is 11.1 Å². The number of halogens is 3. The number of amides is 1. The van der Waals surface area contributed by atoms with E-state index >= 15 is 0 Å². The van der Waals surface area contributed by atoms with Crippen LogP contribution in [-0.2, 0) is 21.2 Å². The number of hydrogen-bond donors (Lipinski definition) is 2. The summed E-state index contributed by atoms with van der Waals surface area (Å²) in [4.78, 5) is 37.3. The molecule has 2 heterocycles. The largest absolute Gasteiger partial charge is 0.433 e. The van der Waals surface area contributed by atoms with Gasteiger partial charge in [0.15, 0.2) is 0 Å². The third-order valence-corrected chi connectivity index (χ3v) is 8.18. The van der Waals surface area contributed by atoms with Crippen molar-refractivity contribution in [2.45, 2.75) is 57.0 Å². The first-order valence-corrected chi connectivity index (χ1v) is 12.9. The predicted molar refractivity (Wildman–Crippen MR) is 133 cm³/mol. The molecule has 0 spiro atoms. The molecule has 0 atom stereocenters. The minimum atomic E-state index is -4.56. The van der Waals surface area contributed by atoms with E-state index in [9.17, 15) is 22.8 Å². The van der Waals surface area contributed by atoms with Crippen LogP contribution in [-0.4, -0.2) is 26.6 Å². The number of hydrogen-bond acceptors (Lipinski definition) is 7. The van der Waals surface area contributed by atoms with Crippen LogP contribution in [0.5, 0.6) is 0 Å². The Morgan fingerprint density at radius 2 is 1.81 bits per heavy atom. The number of nitrogens with one attached hydrogen (secondary N) is 1. The lowest BCUT2D eigenvalue weighted by Gasteiger charge is -2.32. The molecule has 0 aliphatic heterocycles. The van der Waals surface area contributed by atoms with Gasteiger partial charge in [-0.1, -0.05) is 6.07 Å². The molecule has 2 saturated carbocycles. The van der Waals surface area contributed by atoms with E-state index in [1.165, 1.54) is 11.3 Å². The normalized spacial score (nSPS) is 16.0. The smallest absolute Gasteiger partial charge is 0.369 e. The summed E-state index contributed by atoms with van der Waals surface area (Å²) in [6, 6.07) is 6.42. The van der Waals surface area contributed by atoms with Gasteiger partial charge in [-0.15, -0.1) is 11.3 Å². The van der Waals surface area contributed by atoms with Crippen LogP contribution in [0.4, 0.5) is 24.8 Å². The molecular weight excluding hydrogens is 503 g/mol. The van der Waals surface area contributed by atoms with Crippen molar-refractivity contribution in [2.24, 2.45) is 17.6 Å². The van der Waals surface area contributed by atoms with Gasteiger partial charge in [0.05, 0.1) is 11.3 Å². The van der Waals surface area contributed by atoms with Crippen LogP contribution in [0.2, 0.25) is 0 Å². The molecule has 1 amide bonds. The topological polar surface area (TPSA) is 111 Å². The van der Waals surface area contributed by atoms with E-state index in [-0.39, 0.29) is 30.0 Å². The molecule has 11 heteroatoms. The molecule has 3 N–H and O–H groups in total. The van der Waals surface area contributed by atoms with E-state index in [0.29, 0.717) is 17.5 Å². The lowest BCUT2D eigenvalue weighted by Crippen LogP contribution is -2.35. The summed E-state index contributed by atoms with van der Waals surface area (Å²) in [5.41, 5.74) is 6.19. The van der Waals surface area contributed by atoms with Gasteiger partial charge in [-0.25, -0.2) is 15.0 Å². The fourth-order valence-corrected chi connectivity index (χ4v) is 6.40. The molecule has 2 aliphatic carbocycles. The zero-order valence-corrected chi connectivity index (χ0v) is 21.0. The van der Waals surface area contributed by atoms with Crippen LogP contribution in [0.1, 0.15) is 54.8 Å². The second-order valence-electron chi connectivity index (χ2n) is 9.95. The van der Waals surface area contributed by atoms with Crippen molar-refractivity contribution in [3.05, 3.63) is 52.9 Å². The third kappa shape index (κ3) is 5.51. The summed E-state index contributed by atoms with van der Waals surface area (Å²) < 4.78 is 39.2. The number of nitrogens with zero attached hydrogens (tertiary/aromatic N) is 3. The van der Waals surface area contributed by atoms with Gasteiger partial charge in [-0.05, 0) is 73.8 Å². The predicted octanol–water partition coefficient (Wildman–Crippen LogP) is 5.56. The Bertz CT molecular complexity index is 1340. The number of Topliss-reactive ketones (excluding diaryl/α,β-unsaturated/α-hetero) is 1. The number of carbonyl (C=O) groups is 2. The molecule has 37 heavy (non-hydrogen) atoms.